The molecule has 0 saturated carbocycles. The summed E-state index contributed by atoms with van der Waals surface area (Å²) in [5, 5.41) is 0. The van der Waals surface area contributed by atoms with Crippen LogP contribution >= 0.6 is 0 Å². The van der Waals surface area contributed by atoms with Gasteiger partial charge in [-0.25, -0.2) is 13.1 Å². The highest BCUT2D eigenvalue weighted by atomic mass is 32.2. The Morgan fingerprint density at radius 1 is 1.32 bits per heavy atom. The maximum absolute atomic E-state index is 12.0. The number of benzene rings is 1. The second kappa shape index (κ2) is 7.00. The molecule has 0 spiro atoms. The molecule has 6 heteroatoms. The van der Waals surface area contributed by atoms with Crippen LogP contribution < -0.4 is 10.5 Å². The van der Waals surface area contributed by atoms with E-state index >= 15 is 0 Å². The maximum Gasteiger partial charge on any atom is 0.216 e. The number of rotatable bonds is 7. The molecule has 0 aliphatic rings. The molecule has 1 atom stereocenters. The third-order valence-corrected chi connectivity index (χ3v) is 4.08. The van der Waals surface area contributed by atoms with Gasteiger partial charge in [0.05, 0.1) is 5.75 Å². The molecule has 0 fully saturated rings. The Morgan fingerprint density at radius 2 is 1.95 bits per heavy atom. The summed E-state index contributed by atoms with van der Waals surface area (Å²) in [7, 11) is 0.502. The smallest absolute Gasteiger partial charge is 0.216 e. The molecule has 3 N–H and O–H groups in total. The van der Waals surface area contributed by atoms with Gasteiger partial charge < -0.3 is 10.6 Å². The topological polar surface area (TPSA) is 75.4 Å². The summed E-state index contributed by atoms with van der Waals surface area (Å²) < 4.78 is 26.7. The van der Waals surface area contributed by atoms with E-state index < -0.39 is 10.0 Å². The van der Waals surface area contributed by atoms with Crippen LogP contribution in [0.1, 0.15) is 18.1 Å². The van der Waals surface area contributed by atoms with Gasteiger partial charge in [-0.1, -0.05) is 24.3 Å². The molecule has 1 unspecified atom stereocenters. The predicted molar refractivity (Wildman–Crippen MR) is 78.1 cm³/mol. The standard InChI is InChI=1S/C13H23N3O2S/c1-11(9-16(2)3)15-19(17,18)10-13-6-4-5-12(7-13)8-14/h4-7,11,15H,8-10,14H2,1-3H3. The fourth-order valence-corrected chi connectivity index (χ4v) is 3.39. The van der Waals surface area contributed by atoms with Gasteiger partial charge in [-0.15, -0.1) is 0 Å². The van der Waals surface area contributed by atoms with Crippen molar-refractivity contribution in [3.05, 3.63) is 35.4 Å². The molecule has 0 radical (unpaired) electrons. The zero-order valence-electron chi connectivity index (χ0n) is 11.8. The number of hydrogen-bond acceptors (Lipinski definition) is 4. The average Bonchev–Trinajstić information content (AvgIpc) is 2.26. The lowest BCUT2D eigenvalue weighted by molar-refractivity contribution is 0.370. The van der Waals surface area contributed by atoms with E-state index in [4.69, 9.17) is 5.73 Å². The molecule has 19 heavy (non-hydrogen) atoms. The lowest BCUT2D eigenvalue weighted by Crippen LogP contribution is -2.40. The van der Waals surface area contributed by atoms with Gasteiger partial charge in [0.15, 0.2) is 0 Å². The Balaban J connectivity index is 2.68. The molecule has 0 heterocycles. The minimum Gasteiger partial charge on any atom is -0.326 e. The highest BCUT2D eigenvalue weighted by Gasteiger charge is 2.15. The van der Waals surface area contributed by atoms with Crippen LogP contribution in [-0.4, -0.2) is 40.0 Å². The third-order valence-electron chi connectivity index (χ3n) is 2.60. The molecular weight excluding hydrogens is 262 g/mol. The Kier molecular flexibility index (Phi) is 5.93. The maximum atomic E-state index is 12.0. The van der Waals surface area contributed by atoms with E-state index in [9.17, 15) is 8.42 Å². The van der Waals surface area contributed by atoms with Crippen molar-refractivity contribution in [1.29, 1.82) is 0 Å². The Labute approximate surface area is 115 Å². The molecule has 1 rings (SSSR count). The van der Waals surface area contributed by atoms with Crippen LogP contribution in [0, 0.1) is 0 Å². The summed E-state index contributed by atoms with van der Waals surface area (Å²) >= 11 is 0. The molecule has 0 amide bonds. The Morgan fingerprint density at radius 3 is 2.53 bits per heavy atom. The molecular formula is C13H23N3O2S. The molecule has 0 aliphatic heterocycles. The molecule has 5 nitrogen and oxygen atoms in total. The van der Waals surface area contributed by atoms with Crippen molar-refractivity contribution < 1.29 is 8.42 Å². The van der Waals surface area contributed by atoms with Gasteiger partial charge in [-0.3, -0.25) is 0 Å². The van der Waals surface area contributed by atoms with E-state index in [-0.39, 0.29) is 11.8 Å². The van der Waals surface area contributed by atoms with Gasteiger partial charge in [0.2, 0.25) is 10.0 Å². The number of sulfonamides is 1. The van der Waals surface area contributed by atoms with Crippen molar-refractivity contribution in [3.8, 4) is 0 Å². The number of nitrogens with one attached hydrogen (secondary N) is 1. The van der Waals surface area contributed by atoms with E-state index in [1.807, 2.05) is 44.1 Å². The normalized spacial score (nSPS) is 13.7. The van der Waals surface area contributed by atoms with Crippen molar-refractivity contribution in [3.63, 3.8) is 0 Å². The van der Waals surface area contributed by atoms with Crippen molar-refractivity contribution in [2.24, 2.45) is 5.73 Å². The summed E-state index contributed by atoms with van der Waals surface area (Å²) in [4.78, 5) is 1.95. The Bertz CT molecular complexity index is 500. The molecule has 0 aliphatic carbocycles. The van der Waals surface area contributed by atoms with Crippen LogP contribution in [0.25, 0.3) is 0 Å². The highest BCUT2D eigenvalue weighted by molar-refractivity contribution is 7.88. The second-order valence-electron chi connectivity index (χ2n) is 5.06. The van der Waals surface area contributed by atoms with Crippen molar-refractivity contribution in [2.45, 2.75) is 25.3 Å². The van der Waals surface area contributed by atoms with Gasteiger partial charge in [-0.2, -0.15) is 0 Å². The lowest BCUT2D eigenvalue weighted by Gasteiger charge is -2.18. The monoisotopic (exact) mass is 285 g/mol. The molecule has 1 aromatic rings. The highest BCUT2D eigenvalue weighted by Crippen LogP contribution is 2.08. The van der Waals surface area contributed by atoms with Gasteiger partial charge >= 0.3 is 0 Å². The first-order valence-corrected chi connectivity index (χ1v) is 7.90. The molecule has 0 saturated heterocycles. The summed E-state index contributed by atoms with van der Waals surface area (Å²) in [5.41, 5.74) is 7.24. The number of nitrogens with zero attached hydrogens (tertiary/aromatic N) is 1. The number of nitrogens with two attached hydrogens (primary N) is 1. The second-order valence-corrected chi connectivity index (χ2v) is 6.82. The van der Waals surface area contributed by atoms with Crippen LogP contribution in [0.15, 0.2) is 24.3 Å². The lowest BCUT2D eigenvalue weighted by atomic mass is 10.1. The molecule has 1 aromatic carbocycles. The fraction of sp³-hybridized carbons (Fsp3) is 0.538. The minimum absolute atomic E-state index is 0.0153. The zero-order chi connectivity index (χ0) is 14.5. The van der Waals surface area contributed by atoms with Crippen LogP contribution in [0.3, 0.4) is 0 Å². The van der Waals surface area contributed by atoms with E-state index in [0.717, 1.165) is 11.1 Å². The van der Waals surface area contributed by atoms with Crippen molar-refractivity contribution in [2.75, 3.05) is 20.6 Å². The fourth-order valence-electron chi connectivity index (χ4n) is 2.00. The first kappa shape index (κ1) is 16.1. The quantitative estimate of drug-likeness (QED) is 0.765. The van der Waals surface area contributed by atoms with Crippen molar-refractivity contribution >= 4 is 10.0 Å². The SMILES string of the molecule is CC(CN(C)C)NS(=O)(=O)Cc1cccc(CN)c1. The van der Waals surface area contributed by atoms with E-state index in [2.05, 4.69) is 4.72 Å². The van der Waals surface area contributed by atoms with Crippen LogP contribution in [-0.2, 0) is 22.3 Å². The summed E-state index contributed by atoms with van der Waals surface area (Å²) in [6, 6.07) is 7.23. The number of hydrogen-bond donors (Lipinski definition) is 2. The molecule has 108 valence electrons. The minimum atomic E-state index is -3.32. The van der Waals surface area contributed by atoms with Gasteiger partial charge in [0.25, 0.3) is 0 Å². The largest absolute Gasteiger partial charge is 0.326 e. The predicted octanol–water partition coefficient (Wildman–Crippen LogP) is 0.515. The Hall–Kier alpha value is -0.950. The van der Waals surface area contributed by atoms with E-state index in [1.165, 1.54) is 0 Å². The van der Waals surface area contributed by atoms with Crippen molar-refractivity contribution in [1.82, 2.24) is 9.62 Å². The number of likely N-dealkylation sites (N-methyl/N-ethyl adjacent to an activating group) is 1. The van der Waals surface area contributed by atoms with E-state index in [0.29, 0.717) is 13.1 Å². The van der Waals surface area contributed by atoms with Crippen LogP contribution in [0.5, 0.6) is 0 Å². The van der Waals surface area contributed by atoms with Crippen LogP contribution in [0.2, 0.25) is 0 Å². The molecule has 0 aromatic heterocycles. The first-order chi connectivity index (χ1) is 8.82. The van der Waals surface area contributed by atoms with Gasteiger partial charge in [0.1, 0.15) is 0 Å². The third kappa shape index (κ3) is 6.15. The van der Waals surface area contributed by atoms with Gasteiger partial charge in [-0.05, 0) is 32.1 Å². The summed E-state index contributed by atoms with van der Waals surface area (Å²) in [5.74, 6) is -0.0153. The summed E-state index contributed by atoms with van der Waals surface area (Å²) in [6.45, 7) is 2.94. The zero-order valence-corrected chi connectivity index (χ0v) is 12.6. The van der Waals surface area contributed by atoms with Gasteiger partial charge in [0, 0.05) is 19.1 Å². The summed E-state index contributed by atoms with van der Waals surface area (Å²) in [6.07, 6.45) is 0. The molecule has 0 bridgehead atoms. The van der Waals surface area contributed by atoms with Crippen LogP contribution in [0.4, 0.5) is 0 Å². The van der Waals surface area contributed by atoms with E-state index in [1.54, 1.807) is 6.07 Å². The average molecular weight is 285 g/mol. The first-order valence-electron chi connectivity index (χ1n) is 6.25.